The van der Waals surface area contributed by atoms with Crippen LogP contribution in [-0.2, 0) is 24.1 Å². The van der Waals surface area contributed by atoms with Crippen molar-refractivity contribution in [2.75, 3.05) is 19.0 Å². The van der Waals surface area contributed by atoms with Gasteiger partial charge in [0, 0.05) is 25.7 Å². The zero-order chi connectivity index (χ0) is 14.2. The van der Waals surface area contributed by atoms with E-state index in [2.05, 4.69) is 0 Å². The predicted molar refractivity (Wildman–Crippen MR) is 66.8 cm³/mol. The summed E-state index contributed by atoms with van der Waals surface area (Å²) in [7, 11) is -3.57. The summed E-state index contributed by atoms with van der Waals surface area (Å²) in [6.45, 7) is 5.68. The minimum atomic E-state index is -3.57. The van der Waals surface area contributed by atoms with Crippen molar-refractivity contribution in [3.63, 3.8) is 0 Å². The topological polar surface area (TPSA) is 89.9 Å². The first kappa shape index (κ1) is 17.1. The summed E-state index contributed by atoms with van der Waals surface area (Å²) in [5.74, 6) is -1.45. The number of ether oxygens (including phenoxy) is 2. The van der Waals surface area contributed by atoms with Crippen molar-refractivity contribution in [3.05, 3.63) is 11.0 Å². The van der Waals surface area contributed by atoms with Crippen molar-refractivity contribution in [1.82, 2.24) is 0 Å². The van der Waals surface area contributed by atoms with Crippen LogP contribution in [-0.4, -0.2) is 44.8 Å². The second-order valence-electron chi connectivity index (χ2n) is 3.40. The third-order valence-electron chi connectivity index (χ3n) is 2.14. The maximum Gasteiger partial charge on any atom is 0.329 e. The Hall–Kier alpha value is -0.920. The van der Waals surface area contributed by atoms with E-state index in [0.717, 1.165) is 0 Å². The van der Waals surface area contributed by atoms with Gasteiger partial charge in [-0.25, -0.2) is 13.2 Å². The molecule has 18 heavy (non-hydrogen) atoms. The maximum atomic E-state index is 11.7. The van der Waals surface area contributed by atoms with Crippen molar-refractivity contribution in [1.29, 1.82) is 0 Å². The molecule has 0 saturated heterocycles. The molecule has 0 saturated carbocycles. The highest BCUT2D eigenvalue weighted by molar-refractivity contribution is 7.95. The summed E-state index contributed by atoms with van der Waals surface area (Å²) >= 11 is 0. The Balaban J connectivity index is 5.05. The van der Waals surface area contributed by atoms with Gasteiger partial charge in [-0.1, -0.05) is 6.92 Å². The minimum Gasteiger partial charge on any atom is -0.478 e. The molecule has 0 aliphatic rings. The van der Waals surface area contributed by atoms with Crippen LogP contribution in [0.15, 0.2) is 11.0 Å². The Morgan fingerprint density at radius 3 is 2.06 bits per heavy atom. The molecule has 0 rings (SSSR count). The number of hydrogen-bond donors (Lipinski definition) is 1. The molecule has 6 nitrogen and oxygen atoms in total. The number of hydrogen-bond acceptors (Lipinski definition) is 5. The van der Waals surface area contributed by atoms with Gasteiger partial charge in [0.15, 0.2) is 16.1 Å². The van der Waals surface area contributed by atoms with Gasteiger partial charge < -0.3 is 14.6 Å². The maximum absolute atomic E-state index is 11.7. The fraction of sp³-hybridized carbons (Fsp3) is 0.727. The molecule has 0 aliphatic heterocycles. The summed E-state index contributed by atoms with van der Waals surface area (Å²) in [5, 5.41) is 8.69. The largest absolute Gasteiger partial charge is 0.478 e. The summed E-state index contributed by atoms with van der Waals surface area (Å²) in [5.41, 5.74) is 0. The second-order valence-corrected chi connectivity index (χ2v) is 5.73. The van der Waals surface area contributed by atoms with E-state index >= 15 is 0 Å². The molecule has 0 heterocycles. The fourth-order valence-corrected chi connectivity index (χ4v) is 2.34. The molecule has 0 bridgehead atoms. The molecule has 0 spiro atoms. The summed E-state index contributed by atoms with van der Waals surface area (Å²) in [6.07, 6.45) is -0.138. The Kier molecular flexibility index (Phi) is 7.81. The van der Waals surface area contributed by atoms with Gasteiger partial charge in [0.2, 0.25) is 0 Å². The fourth-order valence-electron chi connectivity index (χ4n) is 1.30. The lowest BCUT2D eigenvalue weighted by atomic mass is 10.3. The molecule has 106 valence electrons. The zero-order valence-electron chi connectivity index (χ0n) is 10.9. The summed E-state index contributed by atoms with van der Waals surface area (Å²) in [4.78, 5) is 10.5. The van der Waals surface area contributed by atoms with E-state index in [1.807, 2.05) is 0 Å². The molecular formula is C11H20O6S. The molecule has 0 unspecified atom stereocenters. The van der Waals surface area contributed by atoms with Crippen LogP contribution >= 0.6 is 0 Å². The zero-order valence-corrected chi connectivity index (χ0v) is 11.7. The molecule has 0 aliphatic carbocycles. The minimum absolute atomic E-state index is 0.0931. The van der Waals surface area contributed by atoms with E-state index in [1.54, 1.807) is 13.8 Å². The van der Waals surface area contributed by atoms with Crippen LogP contribution in [0.3, 0.4) is 0 Å². The lowest BCUT2D eigenvalue weighted by Gasteiger charge is -2.18. The highest BCUT2D eigenvalue weighted by Gasteiger charge is 2.22. The van der Waals surface area contributed by atoms with Crippen molar-refractivity contribution < 1.29 is 27.8 Å². The van der Waals surface area contributed by atoms with E-state index in [0.29, 0.717) is 19.3 Å². The Bertz CT molecular complexity index is 378. The van der Waals surface area contributed by atoms with Crippen LogP contribution < -0.4 is 0 Å². The molecule has 0 aromatic rings. The molecule has 0 atom stereocenters. The number of carboxylic acid groups (broad SMARTS) is 1. The van der Waals surface area contributed by atoms with Gasteiger partial charge in [-0.2, -0.15) is 0 Å². The first-order chi connectivity index (χ1) is 8.37. The first-order valence-electron chi connectivity index (χ1n) is 5.76. The van der Waals surface area contributed by atoms with Crippen molar-refractivity contribution in [3.8, 4) is 0 Å². The number of carbonyl (C=O) groups is 1. The van der Waals surface area contributed by atoms with Crippen LogP contribution in [0, 0.1) is 0 Å². The van der Waals surface area contributed by atoms with E-state index in [9.17, 15) is 13.2 Å². The average molecular weight is 280 g/mol. The van der Waals surface area contributed by atoms with E-state index < -0.39 is 22.1 Å². The molecule has 0 aromatic carbocycles. The van der Waals surface area contributed by atoms with Gasteiger partial charge in [-0.05, 0) is 13.8 Å². The predicted octanol–water partition coefficient (Wildman–Crippen LogP) is 1.18. The molecule has 0 aromatic heterocycles. The van der Waals surface area contributed by atoms with Gasteiger partial charge in [0.1, 0.15) is 0 Å². The van der Waals surface area contributed by atoms with Crippen molar-refractivity contribution in [2.24, 2.45) is 0 Å². The number of rotatable bonds is 9. The summed E-state index contributed by atoms with van der Waals surface area (Å²) < 4.78 is 33.9. The van der Waals surface area contributed by atoms with Gasteiger partial charge in [0.05, 0.1) is 10.7 Å². The standard InChI is InChI=1S/C11H20O6S/c1-4-16-11(17-5-2)8-9(7-10(12)13)18(14,15)6-3/h7,11H,4-6,8H2,1-3H3,(H,12,13)/b9-7-. The highest BCUT2D eigenvalue weighted by atomic mass is 32.2. The normalized spacial score (nSPS) is 13.0. The Labute approximate surface area is 108 Å². The SMILES string of the molecule is CCOC(C/C(=C/C(=O)O)S(=O)(=O)CC)OCC. The van der Waals surface area contributed by atoms with Gasteiger partial charge in [-0.3, -0.25) is 0 Å². The molecular weight excluding hydrogens is 260 g/mol. The number of sulfone groups is 1. The molecule has 1 N–H and O–H groups in total. The lowest BCUT2D eigenvalue weighted by Crippen LogP contribution is -2.21. The Morgan fingerprint density at radius 1 is 1.22 bits per heavy atom. The second kappa shape index (κ2) is 8.23. The van der Waals surface area contributed by atoms with Gasteiger partial charge in [0.25, 0.3) is 0 Å². The summed E-state index contributed by atoms with van der Waals surface area (Å²) in [6, 6.07) is 0. The molecule has 0 fully saturated rings. The average Bonchev–Trinajstić information content (AvgIpc) is 2.28. The third-order valence-corrected chi connectivity index (χ3v) is 3.98. The molecule has 0 radical (unpaired) electrons. The van der Waals surface area contributed by atoms with E-state index in [-0.39, 0.29) is 17.1 Å². The molecule has 7 heteroatoms. The lowest BCUT2D eigenvalue weighted by molar-refractivity contribution is -0.134. The van der Waals surface area contributed by atoms with Gasteiger partial charge >= 0.3 is 5.97 Å². The van der Waals surface area contributed by atoms with Crippen LogP contribution in [0.25, 0.3) is 0 Å². The smallest absolute Gasteiger partial charge is 0.329 e. The number of aliphatic carboxylic acids is 1. The highest BCUT2D eigenvalue weighted by Crippen LogP contribution is 2.17. The van der Waals surface area contributed by atoms with Crippen LogP contribution in [0.1, 0.15) is 27.2 Å². The van der Waals surface area contributed by atoms with Crippen LogP contribution in [0.5, 0.6) is 0 Å². The van der Waals surface area contributed by atoms with Crippen LogP contribution in [0.4, 0.5) is 0 Å². The quantitative estimate of drug-likeness (QED) is 0.504. The van der Waals surface area contributed by atoms with Gasteiger partial charge in [-0.15, -0.1) is 0 Å². The van der Waals surface area contributed by atoms with Crippen molar-refractivity contribution >= 4 is 15.8 Å². The monoisotopic (exact) mass is 280 g/mol. The molecule has 0 amide bonds. The number of carboxylic acids is 1. The third kappa shape index (κ3) is 6.13. The Morgan fingerprint density at radius 2 is 1.72 bits per heavy atom. The van der Waals surface area contributed by atoms with Crippen LogP contribution in [0.2, 0.25) is 0 Å². The van der Waals surface area contributed by atoms with E-state index in [4.69, 9.17) is 14.6 Å². The van der Waals surface area contributed by atoms with E-state index in [1.165, 1.54) is 6.92 Å². The first-order valence-corrected chi connectivity index (χ1v) is 7.42. The van der Waals surface area contributed by atoms with Crippen molar-refractivity contribution in [2.45, 2.75) is 33.5 Å².